The fraction of sp³-hybridized carbons (Fsp3) is 0.469. The van der Waals surface area contributed by atoms with Crippen molar-refractivity contribution >= 4 is 23.4 Å². The number of imidazole rings is 1. The normalized spacial score (nSPS) is 21.6. The third-order valence-electron chi connectivity index (χ3n) is 9.16. The SMILES string of the molecule is CNC(=O)N1CCc2c(nc(C)n2C2C[C@H]3CC[C@@H](C2)N3CCCN(C(=O)Nc2ccc(F)cc2)c2ccccc2)C1. The lowest BCUT2D eigenvalue weighted by molar-refractivity contribution is 0.104. The van der Waals surface area contributed by atoms with Crippen LogP contribution in [0.1, 0.15) is 55.4 Å². The van der Waals surface area contributed by atoms with Crippen molar-refractivity contribution in [2.45, 2.75) is 70.1 Å². The van der Waals surface area contributed by atoms with Crippen molar-refractivity contribution in [2.24, 2.45) is 0 Å². The van der Waals surface area contributed by atoms with Gasteiger partial charge in [-0.1, -0.05) is 18.2 Å². The highest BCUT2D eigenvalue weighted by Gasteiger charge is 2.42. The van der Waals surface area contributed by atoms with E-state index in [-0.39, 0.29) is 17.9 Å². The molecule has 0 radical (unpaired) electrons. The van der Waals surface area contributed by atoms with Crippen molar-refractivity contribution < 1.29 is 14.0 Å². The number of carbonyl (C=O) groups excluding carboxylic acids is 2. The Morgan fingerprint density at radius 2 is 1.74 bits per heavy atom. The first-order valence-corrected chi connectivity index (χ1v) is 15.1. The summed E-state index contributed by atoms with van der Waals surface area (Å²) in [4.78, 5) is 36.7. The second kappa shape index (κ2) is 12.1. The zero-order valence-electron chi connectivity index (χ0n) is 24.4. The number of piperidine rings is 1. The molecule has 10 heteroatoms. The Morgan fingerprint density at radius 1 is 1.02 bits per heavy atom. The number of nitrogens with one attached hydrogen (secondary N) is 2. The minimum absolute atomic E-state index is 0.0435. The molecule has 3 aliphatic heterocycles. The van der Waals surface area contributed by atoms with Crippen LogP contribution in [-0.4, -0.2) is 70.2 Å². The zero-order valence-corrected chi connectivity index (χ0v) is 24.4. The fourth-order valence-electron chi connectivity index (χ4n) is 7.27. The van der Waals surface area contributed by atoms with Crippen molar-refractivity contribution in [3.63, 3.8) is 0 Å². The predicted octanol–water partition coefficient (Wildman–Crippen LogP) is 5.32. The zero-order chi connectivity index (χ0) is 29.2. The van der Waals surface area contributed by atoms with Crippen LogP contribution in [-0.2, 0) is 13.0 Å². The molecule has 2 N–H and O–H groups in total. The van der Waals surface area contributed by atoms with Gasteiger partial charge < -0.3 is 20.1 Å². The highest BCUT2D eigenvalue weighted by atomic mass is 19.1. The molecule has 0 spiro atoms. The van der Waals surface area contributed by atoms with E-state index in [1.54, 1.807) is 24.1 Å². The smallest absolute Gasteiger partial charge is 0.326 e. The minimum atomic E-state index is -0.331. The number of halogens is 1. The fourth-order valence-corrected chi connectivity index (χ4v) is 7.27. The van der Waals surface area contributed by atoms with Gasteiger partial charge in [0.15, 0.2) is 0 Å². The number of hydrogen-bond acceptors (Lipinski definition) is 4. The predicted molar refractivity (Wildman–Crippen MR) is 161 cm³/mol. The van der Waals surface area contributed by atoms with Crippen molar-refractivity contribution in [3.05, 3.63) is 77.6 Å². The molecule has 4 heterocycles. The van der Waals surface area contributed by atoms with E-state index in [4.69, 9.17) is 4.98 Å². The van der Waals surface area contributed by atoms with Crippen LogP contribution in [0.4, 0.5) is 25.4 Å². The standard InChI is InChI=1S/C32H40FN7O2/c1-22-35-29-21-37(31(41)34-2)18-15-30(29)40(22)28-19-26-13-14-27(20-28)38(26)16-6-17-39(25-7-4-3-5-8-25)32(42)36-24-11-9-23(33)10-12-24/h3-5,7-12,26-28H,6,13-21H2,1-2H3,(H,34,41)(H,36,42)/t26-,27+,28?. The number of amides is 4. The Morgan fingerprint density at radius 3 is 2.43 bits per heavy atom. The number of urea groups is 2. The number of aryl methyl sites for hydroxylation is 1. The average Bonchev–Trinajstić information content (AvgIpc) is 3.45. The van der Waals surface area contributed by atoms with Gasteiger partial charge in [0.1, 0.15) is 11.6 Å². The summed E-state index contributed by atoms with van der Waals surface area (Å²) >= 11 is 0. The van der Waals surface area contributed by atoms with Crippen molar-refractivity contribution in [3.8, 4) is 0 Å². The van der Waals surface area contributed by atoms with E-state index < -0.39 is 0 Å². The second-order valence-corrected chi connectivity index (χ2v) is 11.7. The monoisotopic (exact) mass is 573 g/mol. The van der Waals surface area contributed by atoms with Gasteiger partial charge in [0, 0.05) is 68.3 Å². The van der Waals surface area contributed by atoms with Gasteiger partial charge in [-0.15, -0.1) is 0 Å². The third-order valence-corrected chi connectivity index (χ3v) is 9.16. The maximum absolute atomic E-state index is 13.4. The molecule has 6 rings (SSSR count). The van der Waals surface area contributed by atoms with Crippen LogP contribution in [0.25, 0.3) is 0 Å². The largest absolute Gasteiger partial charge is 0.341 e. The number of nitrogens with zero attached hydrogens (tertiary/aromatic N) is 5. The first-order chi connectivity index (χ1) is 20.4. The van der Waals surface area contributed by atoms with Crippen LogP contribution in [0, 0.1) is 12.7 Å². The number of benzene rings is 2. The maximum atomic E-state index is 13.4. The van der Waals surface area contributed by atoms with E-state index in [2.05, 4.69) is 27.0 Å². The van der Waals surface area contributed by atoms with Gasteiger partial charge >= 0.3 is 12.1 Å². The van der Waals surface area contributed by atoms with Gasteiger partial charge in [-0.05, 0) is 75.4 Å². The summed E-state index contributed by atoms with van der Waals surface area (Å²) in [6, 6.07) is 16.8. The molecule has 1 aromatic heterocycles. The summed E-state index contributed by atoms with van der Waals surface area (Å²) in [5.74, 6) is 0.726. The molecule has 9 nitrogen and oxygen atoms in total. The number of carbonyl (C=O) groups is 2. The van der Waals surface area contributed by atoms with Gasteiger partial charge in [0.2, 0.25) is 0 Å². The molecule has 2 aromatic carbocycles. The summed E-state index contributed by atoms with van der Waals surface area (Å²) in [7, 11) is 1.67. The molecule has 4 amide bonds. The van der Waals surface area contributed by atoms with E-state index in [9.17, 15) is 14.0 Å². The molecule has 3 atom stereocenters. The van der Waals surface area contributed by atoms with E-state index in [0.717, 1.165) is 56.0 Å². The van der Waals surface area contributed by atoms with Gasteiger partial charge in [-0.25, -0.2) is 19.0 Å². The lowest BCUT2D eigenvalue weighted by Gasteiger charge is -2.41. The third kappa shape index (κ3) is 5.72. The molecule has 2 fully saturated rings. The van der Waals surface area contributed by atoms with E-state index in [1.165, 1.54) is 30.7 Å². The minimum Gasteiger partial charge on any atom is -0.341 e. The van der Waals surface area contributed by atoms with Crippen LogP contribution >= 0.6 is 0 Å². The molecule has 222 valence electrons. The first-order valence-electron chi connectivity index (χ1n) is 15.1. The maximum Gasteiger partial charge on any atom is 0.326 e. The molecule has 2 bridgehead atoms. The van der Waals surface area contributed by atoms with Gasteiger partial charge in [-0.3, -0.25) is 9.80 Å². The van der Waals surface area contributed by atoms with Crippen molar-refractivity contribution in [2.75, 3.05) is 36.9 Å². The summed E-state index contributed by atoms with van der Waals surface area (Å²) in [5, 5.41) is 5.66. The Kier molecular flexibility index (Phi) is 8.15. The van der Waals surface area contributed by atoms with Crippen LogP contribution in [0.15, 0.2) is 54.6 Å². The number of para-hydroxylation sites is 1. The highest BCUT2D eigenvalue weighted by molar-refractivity contribution is 6.01. The molecule has 2 saturated heterocycles. The molecular formula is C32H40FN7O2. The van der Waals surface area contributed by atoms with E-state index in [0.29, 0.717) is 36.9 Å². The van der Waals surface area contributed by atoms with Gasteiger partial charge in [-0.2, -0.15) is 0 Å². The lowest BCUT2D eigenvalue weighted by Crippen LogP contribution is -2.46. The Hall–Kier alpha value is -3.92. The lowest BCUT2D eigenvalue weighted by atomic mass is 9.95. The van der Waals surface area contributed by atoms with Gasteiger partial charge in [0.05, 0.1) is 12.2 Å². The highest BCUT2D eigenvalue weighted by Crippen LogP contribution is 2.42. The average molecular weight is 574 g/mol. The van der Waals surface area contributed by atoms with Crippen LogP contribution in [0.2, 0.25) is 0 Å². The molecular weight excluding hydrogens is 533 g/mol. The Balaban J connectivity index is 1.09. The number of aromatic nitrogens is 2. The summed E-state index contributed by atoms with van der Waals surface area (Å²) < 4.78 is 15.8. The molecule has 3 aliphatic rings. The molecule has 3 aromatic rings. The Bertz CT molecular complexity index is 1400. The molecule has 0 aliphatic carbocycles. The van der Waals surface area contributed by atoms with Gasteiger partial charge in [0.25, 0.3) is 0 Å². The van der Waals surface area contributed by atoms with Crippen LogP contribution in [0.3, 0.4) is 0 Å². The summed E-state index contributed by atoms with van der Waals surface area (Å²) in [5.41, 5.74) is 3.75. The van der Waals surface area contributed by atoms with Crippen molar-refractivity contribution in [1.29, 1.82) is 0 Å². The molecule has 1 unspecified atom stereocenters. The summed E-state index contributed by atoms with van der Waals surface area (Å²) in [6.07, 6.45) is 6.32. The Labute approximate surface area is 246 Å². The molecule has 42 heavy (non-hydrogen) atoms. The van der Waals surface area contributed by atoms with Crippen LogP contribution in [0.5, 0.6) is 0 Å². The number of anilines is 2. The van der Waals surface area contributed by atoms with E-state index >= 15 is 0 Å². The quantitative estimate of drug-likeness (QED) is 0.401. The second-order valence-electron chi connectivity index (χ2n) is 11.7. The molecule has 0 saturated carbocycles. The van der Waals surface area contributed by atoms with Crippen LogP contribution < -0.4 is 15.5 Å². The summed E-state index contributed by atoms with van der Waals surface area (Å²) in [6.45, 7) is 4.92. The first kappa shape index (κ1) is 28.2. The number of fused-ring (bicyclic) bond motifs is 3. The van der Waals surface area contributed by atoms with Crippen molar-refractivity contribution in [1.82, 2.24) is 24.7 Å². The van der Waals surface area contributed by atoms with E-state index in [1.807, 2.05) is 35.2 Å². The number of rotatable bonds is 7. The number of hydrogen-bond donors (Lipinski definition) is 2. The topological polar surface area (TPSA) is 85.7 Å².